The molecule has 0 spiro atoms. The SMILES string of the molecule is CC(=O)c1cccc(CNC2CCCN(Cc3ccccc3F)C2)c1. The van der Waals surface area contributed by atoms with E-state index < -0.39 is 0 Å². The summed E-state index contributed by atoms with van der Waals surface area (Å²) in [5.74, 6) is -0.0331. The minimum absolute atomic E-state index is 0.0931. The van der Waals surface area contributed by atoms with Crippen LogP contribution in [0.2, 0.25) is 0 Å². The van der Waals surface area contributed by atoms with Gasteiger partial charge in [0.1, 0.15) is 5.82 Å². The summed E-state index contributed by atoms with van der Waals surface area (Å²) in [5.41, 5.74) is 2.64. The zero-order valence-electron chi connectivity index (χ0n) is 14.7. The van der Waals surface area contributed by atoms with Crippen molar-refractivity contribution in [1.29, 1.82) is 0 Å². The average Bonchev–Trinajstić information content (AvgIpc) is 2.62. The maximum Gasteiger partial charge on any atom is 0.159 e. The number of carbonyl (C=O) groups is 1. The molecule has 0 bridgehead atoms. The summed E-state index contributed by atoms with van der Waals surface area (Å²) in [7, 11) is 0. The Labute approximate surface area is 148 Å². The molecule has 2 aromatic carbocycles. The zero-order valence-corrected chi connectivity index (χ0v) is 14.7. The molecule has 3 rings (SSSR count). The van der Waals surface area contributed by atoms with Gasteiger partial charge in [-0.15, -0.1) is 0 Å². The molecule has 2 aromatic rings. The van der Waals surface area contributed by atoms with Gasteiger partial charge in [-0.05, 0) is 44.0 Å². The summed E-state index contributed by atoms with van der Waals surface area (Å²) >= 11 is 0. The van der Waals surface area contributed by atoms with Crippen LogP contribution in [0.25, 0.3) is 0 Å². The molecule has 0 amide bonds. The summed E-state index contributed by atoms with van der Waals surface area (Å²) in [5, 5.41) is 3.59. The van der Waals surface area contributed by atoms with E-state index in [0.29, 0.717) is 12.6 Å². The number of hydrogen-bond donors (Lipinski definition) is 1. The van der Waals surface area contributed by atoms with Crippen molar-refractivity contribution in [1.82, 2.24) is 10.2 Å². The Balaban J connectivity index is 1.54. The van der Waals surface area contributed by atoms with Gasteiger partial charge in [0.2, 0.25) is 0 Å². The molecule has 25 heavy (non-hydrogen) atoms. The second-order valence-corrected chi connectivity index (χ2v) is 6.80. The highest BCUT2D eigenvalue weighted by atomic mass is 19.1. The van der Waals surface area contributed by atoms with Crippen LogP contribution in [-0.4, -0.2) is 29.8 Å². The van der Waals surface area contributed by atoms with Crippen LogP contribution in [0, 0.1) is 5.82 Å². The van der Waals surface area contributed by atoms with Gasteiger partial charge in [0.15, 0.2) is 5.78 Å². The fraction of sp³-hybridized carbons (Fsp3) is 0.381. The molecule has 0 aliphatic carbocycles. The van der Waals surface area contributed by atoms with Crippen LogP contribution in [0.5, 0.6) is 0 Å². The van der Waals surface area contributed by atoms with Crippen molar-refractivity contribution in [2.75, 3.05) is 13.1 Å². The third-order valence-electron chi connectivity index (χ3n) is 4.79. The fourth-order valence-electron chi connectivity index (χ4n) is 3.40. The summed E-state index contributed by atoms with van der Waals surface area (Å²) in [4.78, 5) is 13.8. The van der Waals surface area contributed by atoms with E-state index in [1.165, 1.54) is 6.07 Å². The van der Waals surface area contributed by atoms with Crippen molar-refractivity contribution < 1.29 is 9.18 Å². The Bertz CT molecular complexity index is 731. The molecule has 0 aromatic heterocycles. The first-order valence-corrected chi connectivity index (χ1v) is 8.91. The van der Waals surface area contributed by atoms with Crippen LogP contribution in [0.4, 0.5) is 4.39 Å². The van der Waals surface area contributed by atoms with Crippen LogP contribution in [0.15, 0.2) is 48.5 Å². The Morgan fingerprint density at radius 1 is 1.24 bits per heavy atom. The van der Waals surface area contributed by atoms with E-state index in [1.54, 1.807) is 13.0 Å². The highest BCUT2D eigenvalue weighted by Crippen LogP contribution is 2.16. The molecule has 0 radical (unpaired) electrons. The van der Waals surface area contributed by atoms with E-state index in [2.05, 4.69) is 10.2 Å². The van der Waals surface area contributed by atoms with Crippen LogP contribution < -0.4 is 5.32 Å². The lowest BCUT2D eigenvalue weighted by Gasteiger charge is -2.33. The van der Waals surface area contributed by atoms with E-state index in [9.17, 15) is 9.18 Å². The predicted molar refractivity (Wildman–Crippen MR) is 98.0 cm³/mol. The molecule has 1 heterocycles. The molecule has 4 heteroatoms. The minimum atomic E-state index is -0.126. The number of likely N-dealkylation sites (tertiary alicyclic amines) is 1. The van der Waals surface area contributed by atoms with Crippen molar-refractivity contribution in [2.45, 2.75) is 38.9 Å². The Morgan fingerprint density at radius 3 is 2.88 bits per heavy atom. The fourth-order valence-corrected chi connectivity index (χ4v) is 3.40. The molecular formula is C21H25FN2O. The number of carbonyl (C=O) groups excluding carboxylic acids is 1. The normalized spacial score (nSPS) is 18.2. The molecule has 3 nitrogen and oxygen atoms in total. The number of halogens is 1. The van der Waals surface area contributed by atoms with E-state index in [-0.39, 0.29) is 11.6 Å². The minimum Gasteiger partial charge on any atom is -0.309 e. The van der Waals surface area contributed by atoms with Crippen molar-refractivity contribution in [3.05, 3.63) is 71.0 Å². The third-order valence-corrected chi connectivity index (χ3v) is 4.79. The highest BCUT2D eigenvalue weighted by Gasteiger charge is 2.20. The largest absolute Gasteiger partial charge is 0.309 e. The van der Waals surface area contributed by atoms with Gasteiger partial charge in [0.05, 0.1) is 0 Å². The monoisotopic (exact) mass is 340 g/mol. The quantitative estimate of drug-likeness (QED) is 0.812. The smallest absolute Gasteiger partial charge is 0.159 e. The van der Waals surface area contributed by atoms with Crippen LogP contribution in [-0.2, 0) is 13.1 Å². The molecule has 1 aliphatic heterocycles. The Hall–Kier alpha value is -2.04. The number of rotatable bonds is 6. The van der Waals surface area contributed by atoms with Gasteiger partial charge in [0, 0.05) is 36.8 Å². The predicted octanol–water partition coefficient (Wildman–Crippen LogP) is 3.78. The molecule has 0 saturated carbocycles. The number of hydrogen-bond acceptors (Lipinski definition) is 3. The van der Waals surface area contributed by atoms with Gasteiger partial charge in [0.25, 0.3) is 0 Å². The van der Waals surface area contributed by atoms with Crippen LogP contribution in [0.3, 0.4) is 0 Å². The Morgan fingerprint density at radius 2 is 2.08 bits per heavy atom. The number of nitrogens with one attached hydrogen (secondary N) is 1. The van der Waals surface area contributed by atoms with Crippen molar-refractivity contribution in [2.24, 2.45) is 0 Å². The van der Waals surface area contributed by atoms with Gasteiger partial charge in [-0.3, -0.25) is 9.69 Å². The number of piperidine rings is 1. The first kappa shape index (κ1) is 17.8. The van der Waals surface area contributed by atoms with E-state index in [4.69, 9.17) is 0 Å². The summed E-state index contributed by atoms with van der Waals surface area (Å²) < 4.78 is 13.8. The lowest BCUT2D eigenvalue weighted by atomic mass is 10.0. The van der Waals surface area contributed by atoms with E-state index >= 15 is 0 Å². The summed E-state index contributed by atoms with van der Waals surface area (Å²) in [6.45, 7) is 4.92. The van der Waals surface area contributed by atoms with Crippen molar-refractivity contribution in [3.8, 4) is 0 Å². The highest BCUT2D eigenvalue weighted by molar-refractivity contribution is 5.94. The van der Waals surface area contributed by atoms with E-state index in [0.717, 1.165) is 49.2 Å². The average molecular weight is 340 g/mol. The van der Waals surface area contributed by atoms with E-state index in [1.807, 2.05) is 36.4 Å². The lowest BCUT2D eigenvalue weighted by molar-refractivity contribution is 0.101. The molecule has 1 saturated heterocycles. The molecule has 132 valence electrons. The zero-order chi connectivity index (χ0) is 17.6. The number of ketones is 1. The first-order valence-electron chi connectivity index (χ1n) is 8.91. The molecular weight excluding hydrogens is 315 g/mol. The van der Waals surface area contributed by atoms with Crippen LogP contribution in [0.1, 0.15) is 41.3 Å². The number of benzene rings is 2. The standard InChI is InChI=1S/C21H25FN2O/c1-16(25)18-8-4-6-17(12-18)13-23-20-9-5-11-24(15-20)14-19-7-2-3-10-21(19)22/h2-4,6-8,10,12,20,23H,5,9,11,13-15H2,1H3. The summed E-state index contributed by atoms with van der Waals surface area (Å²) in [6.07, 6.45) is 2.24. The molecule has 1 atom stereocenters. The number of nitrogens with zero attached hydrogens (tertiary/aromatic N) is 1. The Kier molecular flexibility index (Phi) is 5.95. The van der Waals surface area contributed by atoms with Gasteiger partial charge in [-0.2, -0.15) is 0 Å². The molecule has 1 N–H and O–H groups in total. The van der Waals surface area contributed by atoms with Gasteiger partial charge >= 0.3 is 0 Å². The van der Waals surface area contributed by atoms with Gasteiger partial charge < -0.3 is 5.32 Å². The van der Waals surface area contributed by atoms with Gasteiger partial charge in [-0.25, -0.2) is 4.39 Å². The third kappa shape index (κ3) is 4.97. The topological polar surface area (TPSA) is 32.3 Å². The molecule has 1 fully saturated rings. The lowest BCUT2D eigenvalue weighted by Crippen LogP contribution is -2.45. The second-order valence-electron chi connectivity index (χ2n) is 6.80. The maximum absolute atomic E-state index is 13.8. The maximum atomic E-state index is 13.8. The van der Waals surface area contributed by atoms with Crippen LogP contribution >= 0.6 is 0 Å². The number of Topliss-reactive ketones (excluding diaryl/α,β-unsaturated/α-hetero) is 1. The summed E-state index contributed by atoms with van der Waals surface area (Å²) in [6, 6.07) is 15.2. The molecule has 1 unspecified atom stereocenters. The second kappa shape index (κ2) is 8.37. The van der Waals surface area contributed by atoms with Gasteiger partial charge in [-0.1, -0.05) is 36.4 Å². The molecule has 1 aliphatic rings. The van der Waals surface area contributed by atoms with Crippen molar-refractivity contribution >= 4 is 5.78 Å². The van der Waals surface area contributed by atoms with Crippen molar-refractivity contribution in [3.63, 3.8) is 0 Å². The first-order chi connectivity index (χ1) is 12.1.